The lowest BCUT2D eigenvalue weighted by molar-refractivity contribution is -0.127. The number of nitrogens with zero attached hydrogens (tertiary/aromatic N) is 2. The van der Waals surface area contributed by atoms with Crippen molar-refractivity contribution in [3.63, 3.8) is 0 Å². The number of halogens is 3. The number of amides is 1. The fourth-order valence-corrected chi connectivity index (χ4v) is 1.67. The maximum Gasteiger partial charge on any atom is 0.387 e. The fraction of sp³-hybridized carbons (Fsp3) is 0.375. The Hall–Kier alpha value is -1.91. The summed E-state index contributed by atoms with van der Waals surface area (Å²) >= 11 is 0. The van der Waals surface area contributed by atoms with Crippen molar-refractivity contribution in [3.05, 3.63) is 42.5 Å². The van der Waals surface area contributed by atoms with E-state index in [1.54, 1.807) is 38.4 Å². The standard InChI is InChI=1S/C16H22F2N4O2.HI/c1-4-9-19-16(21-11-14(23)22(2)3)20-10-12-7-5-6-8-13(12)24-15(17)18;/h4-8,15H,1,9-11H2,2-3H3,(H2,19,20,21);1H. The molecule has 9 heteroatoms. The molecule has 0 radical (unpaired) electrons. The van der Waals surface area contributed by atoms with E-state index in [1.807, 2.05) is 0 Å². The van der Waals surface area contributed by atoms with Crippen molar-refractivity contribution in [2.24, 2.45) is 4.99 Å². The first-order valence-electron chi connectivity index (χ1n) is 7.30. The number of benzene rings is 1. The Balaban J connectivity index is 0.00000576. The Kier molecular flexibility index (Phi) is 11.5. The van der Waals surface area contributed by atoms with E-state index in [1.165, 1.54) is 11.0 Å². The number of para-hydroxylation sites is 1. The average Bonchev–Trinajstić information content (AvgIpc) is 2.54. The number of rotatable bonds is 8. The van der Waals surface area contributed by atoms with Crippen LogP contribution in [0.15, 0.2) is 41.9 Å². The summed E-state index contributed by atoms with van der Waals surface area (Å²) in [5, 5.41) is 5.83. The van der Waals surface area contributed by atoms with Crippen LogP contribution in [0.1, 0.15) is 5.56 Å². The van der Waals surface area contributed by atoms with Crippen LogP contribution in [0.25, 0.3) is 0 Å². The molecule has 6 nitrogen and oxygen atoms in total. The third-order valence-corrected chi connectivity index (χ3v) is 2.92. The van der Waals surface area contributed by atoms with Gasteiger partial charge in [0.2, 0.25) is 5.91 Å². The number of guanidine groups is 1. The second-order valence-corrected chi connectivity index (χ2v) is 4.96. The molecular weight excluding hydrogens is 445 g/mol. The molecule has 1 aromatic rings. The quantitative estimate of drug-likeness (QED) is 0.266. The first-order valence-corrected chi connectivity index (χ1v) is 7.30. The zero-order chi connectivity index (χ0) is 17.9. The highest BCUT2D eigenvalue weighted by Crippen LogP contribution is 2.20. The molecular formula is C16H23F2IN4O2. The molecule has 140 valence electrons. The number of hydrogen-bond donors (Lipinski definition) is 2. The van der Waals surface area contributed by atoms with Crippen molar-refractivity contribution in [2.45, 2.75) is 13.2 Å². The summed E-state index contributed by atoms with van der Waals surface area (Å²) < 4.78 is 29.3. The number of hydrogen-bond acceptors (Lipinski definition) is 3. The van der Waals surface area contributed by atoms with Crippen LogP contribution >= 0.6 is 24.0 Å². The van der Waals surface area contributed by atoms with Gasteiger partial charge in [-0.2, -0.15) is 8.78 Å². The molecule has 0 aromatic heterocycles. The second kappa shape index (κ2) is 12.5. The van der Waals surface area contributed by atoms with Crippen molar-refractivity contribution in [3.8, 4) is 5.75 Å². The van der Waals surface area contributed by atoms with Gasteiger partial charge in [-0.15, -0.1) is 30.6 Å². The molecule has 0 aliphatic heterocycles. The molecule has 0 spiro atoms. The van der Waals surface area contributed by atoms with Crippen LogP contribution < -0.4 is 15.4 Å². The van der Waals surface area contributed by atoms with Gasteiger partial charge in [0.1, 0.15) is 5.75 Å². The molecule has 1 amide bonds. The molecule has 0 saturated carbocycles. The van der Waals surface area contributed by atoms with Crippen LogP contribution in [0.4, 0.5) is 8.78 Å². The molecule has 0 fully saturated rings. The Morgan fingerprint density at radius 1 is 1.36 bits per heavy atom. The largest absolute Gasteiger partial charge is 0.434 e. The van der Waals surface area contributed by atoms with Crippen molar-refractivity contribution in [2.75, 3.05) is 27.2 Å². The molecule has 0 saturated heterocycles. The summed E-state index contributed by atoms with van der Waals surface area (Å²) in [4.78, 5) is 17.4. The van der Waals surface area contributed by atoms with Gasteiger partial charge >= 0.3 is 6.61 Å². The lowest BCUT2D eigenvalue weighted by Crippen LogP contribution is -2.43. The molecule has 0 aliphatic carbocycles. The van der Waals surface area contributed by atoms with Gasteiger partial charge in [0.25, 0.3) is 0 Å². The minimum absolute atomic E-state index is 0. The molecule has 0 atom stereocenters. The van der Waals surface area contributed by atoms with Gasteiger partial charge in [-0.3, -0.25) is 4.79 Å². The highest BCUT2D eigenvalue weighted by molar-refractivity contribution is 14.0. The molecule has 25 heavy (non-hydrogen) atoms. The third kappa shape index (κ3) is 9.22. The van der Waals surface area contributed by atoms with E-state index >= 15 is 0 Å². The minimum atomic E-state index is -2.90. The zero-order valence-corrected chi connectivity index (χ0v) is 16.5. The van der Waals surface area contributed by atoms with Crippen molar-refractivity contribution in [1.82, 2.24) is 15.5 Å². The summed E-state index contributed by atoms with van der Waals surface area (Å²) in [5.41, 5.74) is 0.511. The summed E-state index contributed by atoms with van der Waals surface area (Å²) in [5.74, 6) is 0.324. The lowest BCUT2D eigenvalue weighted by atomic mass is 10.2. The van der Waals surface area contributed by atoms with Crippen LogP contribution in [-0.4, -0.2) is 50.6 Å². The van der Waals surface area contributed by atoms with E-state index in [0.717, 1.165) is 0 Å². The molecule has 0 aliphatic rings. The van der Waals surface area contributed by atoms with E-state index < -0.39 is 6.61 Å². The molecule has 0 bridgehead atoms. The van der Waals surface area contributed by atoms with Crippen molar-refractivity contribution in [1.29, 1.82) is 0 Å². The zero-order valence-electron chi connectivity index (χ0n) is 14.2. The summed E-state index contributed by atoms with van der Waals surface area (Å²) in [6.07, 6.45) is 1.64. The molecule has 0 unspecified atom stereocenters. The van der Waals surface area contributed by atoms with Gasteiger partial charge in [0, 0.05) is 26.2 Å². The predicted octanol–water partition coefficient (Wildman–Crippen LogP) is 2.22. The number of carbonyl (C=O) groups is 1. The first kappa shape index (κ1) is 23.1. The van der Waals surface area contributed by atoms with Crippen molar-refractivity contribution >= 4 is 35.8 Å². The van der Waals surface area contributed by atoms with Gasteiger partial charge in [-0.25, -0.2) is 4.99 Å². The van der Waals surface area contributed by atoms with Crippen LogP contribution in [0.2, 0.25) is 0 Å². The van der Waals surface area contributed by atoms with Gasteiger partial charge in [-0.1, -0.05) is 24.3 Å². The highest BCUT2D eigenvalue weighted by atomic mass is 127. The smallest absolute Gasteiger partial charge is 0.387 e. The van der Waals surface area contributed by atoms with Crippen LogP contribution in [0.3, 0.4) is 0 Å². The Morgan fingerprint density at radius 3 is 2.64 bits per heavy atom. The normalized spacial score (nSPS) is 10.7. The van der Waals surface area contributed by atoms with Gasteiger partial charge in [-0.05, 0) is 6.07 Å². The van der Waals surface area contributed by atoms with Crippen molar-refractivity contribution < 1.29 is 18.3 Å². The third-order valence-electron chi connectivity index (χ3n) is 2.92. The number of nitrogens with one attached hydrogen (secondary N) is 2. The summed E-state index contributed by atoms with van der Waals surface area (Å²) in [6.45, 7) is 1.32. The van der Waals surface area contributed by atoms with Gasteiger partial charge < -0.3 is 20.3 Å². The van der Waals surface area contributed by atoms with Crippen LogP contribution in [0, 0.1) is 0 Å². The second-order valence-electron chi connectivity index (χ2n) is 4.96. The number of ether oxygens (including phenoxy) is 1. The van der Waals surface area contributed by atoms with E-state index in [0.29, 0.717) is 18.1 Å². The topological polar surface area (TPSA) is 66.0 Å². The van der Waals surface area contributed by atoms with E-state index in [9.17, 15) is 13.6 Å². The van der Waals surface area contributed by atoms with Crippen LogP contribution in [0.5, 0.6) is 5.75 Å². The number of alkyl halides is 2. The minimum Gasteiger partial charge on any atom is -0.434 e. The predicted molar refractivity (Wildman–Crippen MR) is 105 cm³/mol. The number of aliphatic imine (C=N–C) groups is 1. The average molecular weight is 468 g/mol. The maximum atomic E-state index is 12.4. The van der Waals surface area contributed by atoms with E-state index in [4.69, 9.17) is 0 Å². The number of likely N-dealkylation sites (N-methyl/N-ethyl adjacent to an activating group) is 1. The Labute approximate surface area is 163 Å². The van der Waals surface area contributed by atoms with E-state index in [2.05, 4.69) is 26.9 Å². The SMILES string of the molecule is C=CCNC(=NCc1ccccc1OC(F)F)NCC(=O)N(C)C.I. The Bertz CT molecular complexity index is 583. The molecule has 0 heterocycles. The lowest BCUT2D eigenvalue weighted by Gasteiger charge is -2.14. The summed E-state index contributed by atoms with van der Waals surface area (Å²) in [7, 11) is 3.30. The molecule has 2 N–H and O–H groups in total. The highest BCUT2D eigenvalue weighted by Gasteiger charge is 2.09. The number of carbonyl (C=O) groups excluding carboxylic acids is 1. The van der Waals surface area contributed by atoms with Gasteiger partial charge in [0.05, 0.1) is 13.1 Å². The van der Waals surface area contributed by atoms with Crippen LogP contribution in [-0.2, 0) is 11.3 Å². The van der Waals surface area contributed by atoms with Gasteiger partial charge in [0.15, 0.2) is 5.96 Å². The molecule has 1 rings (SSSR count). The first-order chi connectivity index (χ1) is 11.4. The summed E-state index contributed by atoms with van der Waals surface area (Å²) in [6, 6.07) is 6.42. The van der Waals surface area contributed by atoms with E-state index in [-0.39, 0.29) is 48.7 Å². The fourth-order valence-electron chi connectivity index (χ4n) is 1.67. The Morgan fingerprint density at radius 2 is 2.04 bits per heavy atom. The molecule has 1 aromatic carbocycles. The maximum absolute atomic E-state index is 12.4. The monoisotopic (exact) mass is 468 g/mol.